The van der Waals surface area contributed by atoms with E-state index in [2.05, 4.69) is 19.1 Å². The first-order valence-corrected chi connectivity index (χ1v) is 11.4. The lowest BCUT2D eigenvalue weighted by molar-refractivity contribution is -0.0820. The van der Waals surface area contributed by atoms with Gasteiger partial charge in [0.15, 0.2) is 0 Å². The highest BCUT2D eigenvalue weighted by atomic mass is 19.4. The van der Waals surface area contributed by atoms with E-state index in [1.807, 2.05) is 0 Å². The molecule has 3 aliphatic rings. The van der Waals surface area contributed by atoms with Crippen LogP contribution in [0.2, 0.25) is 0 Å². The number of halogens is 4. The van der Waals surface area contributed by atoms with E-state index in [1.54, 1.807) is 0 Å². The van der Waals surface area contributed by atoms with E-state index in [0.717, 1.165) is 30.6 Å². The van der Waals surface area contributed by atoms with Crippen molar-refractivity contribution >= 4 is 0 Å². The van der Waals surface area contributed by atoms with E-state index >= 15 is 0 Å². The largest absolute Gasteiger partial charge is 0.412 e. The van der Waals surface area contributed by atoms with Crippen LogP contribution in [-0.4, -0.2) is 6.18 Å². The number of rotatable bonds is 4. The molecule has 0 aromatic carbocycles. The fraction of sp³-hybridized carbons (Fsp3) is 0.833. The summed E-state index contributed by atoms with van der Waals surface area (Å²) >= 11 is 0. The maximum absolute atomic E-state index is 13.7. The number of hydrogen-bond donors (Lipinski definition) is 0. The zero-order valence-corrected chi connectivity index (χ0v) is 17.2. The second-order valence-corrected chi connectivity index (χ2v) is 9.76. The predicted molar refractivity (Wildman–Crippen MR) is 106 cm³/mol. The molecular formula is C24H36F4. The van der Waals surface area contributed by atoms with Crippen molar-refractivity contribution in [3.05, 3.63) is 24.1 Å². The minimum atomic E-state index is -4.55. The van der Waals surface area contributed by atoms with E-state index in [-0.39, 0.29) is 6.08 Å². The maximum atomic E-state index is 13.7. The van der Waals surface area contributed by atoms with Gasteiger partial charge in [-0.05, 0) is 93.8 Å². The summed E-state index contributed by atoms with van der Waals surface area (Å²) in [6, 6.07) is 0. The molecule has 0 bridgehead atoms. The summed E-state index contributed by atoms with van der Waals surface area (Å²) in [6.45, 7) is 2.38. The van der Waals surface area contributed by atoms with Crippen molar-refractivity contribution in [2.24, 2.45) is 35.5 Å². The Kier molecular flexibility index (Phi) is 7.67. The van der Waals surface area contributed by atoms with Gasteiger partial charge in [-0.25, -0.2) is 4.39 Å². The fourth-order valence-electron chi connectivity index (χ4n) is 5.74. The van der Waals surface area contributed by atoms with Gasteiger partial charge in [0.05, 0.1) is 6.08 Å². The van der Waals surface area contributed by atoms with Crippen molar-refractivity contribution in [3.63, 3.8) is 0 Å². The SMILES string of the molecule is CC1CCC(C2CCC(/C=C/C3CCC(/C(F)=C/C(F)(F)F)CC3)CC2)CC1. The predicted octanol–water partition coefficient (Wildman–Crippen LogP) is 8.40. The van der Waals surface area contributed by atoms with Crippen molar-refractivity contribution in [2.75, 3.05) is 0 Å². The molecule has 3 rings (SSSR count). The van der Waals surface area contributed by atoms with Crippen LogP contribution in [0.5, 0.6) is 0 Å². The lowest BCUT2D eigenvalue weighted by Gasteiger charge is -2.36. The Labute approximate surface area is 167 Å². The number of alkyl halides is 3. The van der Waals surface area contributed by atoms with Gasteiger partial charge in [-0.2, -0.15) is 13.2 Å². The molecule has 4 heteroatoms. The van der Waals surface area contributed by atoms with E-state index in [0.29, 0.717) is 24.7 Å². The first-order chi connectivity index (χ1) is 13.3. The van der Waals surface area contributed by atoms with Crippen LogP contribution in [0.1, 0.15) is 84.0 Å². The molecule has 0 nitrogen and oxygen atoms in total. The smallest absolute Gasteiger partial charge is 0.212 e. The van der Waals surface area contributed by atoms with Crippen molar-refractivity contribution < 1.29 is 17.6 Å². The molecule has 0 aliphatic heterocycles. The fourth-order valence-corrected chi connectivity index (χ4v) is 5.74. The van der Waals surface area contributed by atoms with Gasteiger partial charge in [-0.15, -0.1) is 0 Å². The summed E-state index contributed by atoms with van der Waals surface area (Å²) in [5, 5.41) is 0. The zero-order valence-electron chi connectivity index (χ0n) is 17.2. The Bertz CT molecular complexity index is 523. The lowest BCUT2D eigenvalue weighted by atomic mass is 9.69. The first kappa shape index (κ1) is 21.9. The maximum Gasteiger partial charge on any atom is 0.412 e. The van der Waals surface area contributed by atoms with E-state index < -0.39 is 17.9 Å². The Morgan fingerprint density at radius 2 is 1.11 bits per heavy atom. The molecule has 0 radical (unpaired) electrons. The van der Waals surface area contributed by atoms with Crippen molar-refractivity contribution in [3.8, 4) is 0 Å². The summed E-state index contributed by atoms with van der Waals surface area (Å²) in [5.74, 6) is 2.35. The number of allylic oxidation sites excluding steroid dienone is 4. The van der Waals surface area contributed by atoms with Crippen LogP contribution < -0.4 is 0 Å². The molecular weight excluding hydrogens is 364 g/mol. The summed E-state index contributed by atoms with van der Waals surface area (Å²) in [7, 11) is 0. The van der Waals surface area contributed by atoms with Gasteiger partial charge in [0.1, 0.15) is 5.83 Å². The summed E-state index contributed by atoms with van der Waals surface area (Å²) in [6.07, 6.45) is 13.6. The van der Waals surface area contributed by atoms with Crippen molar-refractivity contribution in [1.29, 1.82) is 0 Å². The molecule has 0 heterocycles. The van der Waals surface area contributed by atoms with Crippen LogP contribution >= 0.6 is 0 Å². The molecule has 0 aromatic rings. The van der Waals surface area contributed by atoms with E-state index in [1.165, 1.54) is 51.4 Å². The molecule has 28 heavy (non-hydrogen) atoms. The van der Waals surface area contributed by atoms with Crippen molar-refractivity contribution in [2.45, 2.75) is 90.1 Å². The van der Waals surface area contributed by atoms with Crippen LogP contribution in [0, 0.1) is 35.5 Å². The summed E-state index contributed by atoms with van der Waals surface area (Å²) < 4.78 is 50.6. The van der Waals surface area contributed by atoms with Gasteiger partial charge < -0.3 is 0 Å². The highest BCUT2D eigenvalue weighted by molar-refractivity contribution is 5.05. The van der Waals surface area contributed by atoms with Gasteiger partial charge in [-0.1, -0.05) is 31.9 Å². The summed E-state index contributed by atoms with van der Waals surface area (Å²) in [5.41, 5.74) is 0. The van der Waals surface area contributed by atoms with Gasteiger partial charge >= 0.3 is 6.18 Å². The van der Waals surface area contributed by atoms with Crippen molar-refractivity contribution in [1.82, 2.24) is 0 Å². The molecule has 0 aromatic heterocycles. The minimum absolute atomic E-state index is 0.154. The van der Waals surface area contributed by atoms with Gasteiger partial charge in [0, 0.05) is 5.92 Å². The average Bonchev–Trinajstić information content (AvgIpc) is 2.66. The van der Waals surface area contributed by atoms with Crippen LogP contribution in [-0.2, 0) is 0 Å². The molecule has 160 valence electrons. The third-order valence-corrected chi connectivity index (χ3v) is 7.66. The molecule has 0 saturated heterocycles. The van der Waals surface area contributed by atoms with Crippen LogP contribution in [0.3, 0.4) is 0 Å². The quantitative estimate of drug-likeness (QED) is 0.328. The molecule has 3 saturated carbocycles. The zero-order chi connectivity index (χ0) is 20.1. The normalized spacial score (nSPS) is 38.7. The molecule has 3 aliphatic carbocycles. The first-order valence-electron chi connectivity index (χ1n) is 11.4. The minimum Gasteiger partial charge on any atom is -0.212 e. The summed E-state index contributed by atoms with van der Waals surface area (Å²) in [4.78, 5) is 0. The Hall–Kier alpha value is -0.800. The molecule has 0 N–H and O–H groups in total. The van der Waals surface area contributed by atoms with E-state index in [9.17, 15) is 17.6 Å². The molecule has 3 fully saturated rings. The molecule has 0 atom stereocenters. The standard InChI is InChI=1S/C24H36F4/c1-17-2-10-20(11-3-17)21-12-6-18(7-13-21)4-5-19-8-14-22(15-9-19)23(25)16-24(26,27)28/h4-5,16-22H,2-3,6-15H2,1H3/b5-4+,23-16-. The lowest BCUT2D eigenvalue weighted by Crippen LogP contribution is -2.25. The average molecular weight is 401 g/mol. The molecule has 0 amide bonds. The third-order valence-electron chi connectivity index (χ3n) is 7.66. The van der Waals surface area contributed by atoms with E-state index in [4.69, 9.17) is 0 Å². The second kappa shape index (κ2) is 9.80. The van der Waals surface area contributed by atoms with Crippen LogP contribution in [0.4, 0.5) is 17.6 Å². The van der Waals surface area contributed by atoms with Crippen LogP contribution in [0.25, 0.3) is 0 Å². The van der Waals surface area contributed by atoms with Gasteiger partial charge in [0.25, 0.3) is 0 Å². The highest BCUT2D eigenvalue weighted by Gasteiger charge is 2.31. The Balaban J connectivity index is 1.37. The molecule has 0 unspecified atom stereocenters. The van der Waals surface area contributed by atoms with Crippen LogP contribution in [0.15, 0.2) is 24.1 Å². The van der Waals surface area contributed by atoms with Gasteiger partial charge in [0.2, 0.25) is 0 Å². The highest BCUT2D eigenvalue weighted by Crippen LogP contribution is 2.42. The van der Waals surface area contributed by atoms with Gasteiger partial charge in [-0.3, -0.25) is 0 Å². The molecule has 0 spiro atoms. The number of hydrogen-bond acceptors (Lipinski definition) is 0. The monoisotopic (exact) mass is 400 g/mol. The Morgan fingerprint density at radius 1 is 0.679 bits per heavy atom. The Morgan fingerprint density at radius 3 is 1.57 bits per heavy atom. The third kappa shape index (κ3) is 6.62. The topological polar surface area (TPSA) is 0 Å². The second-order valence-electron chi connectivity index (χ2n) is 9.76.